The van der Waals surface area contributed by atoms with E-state index in [2.05, 4.69) is 10.3 Å². The molecule has 0 unspecified atom stereocenters. The first kappa shape index (κ1) is 17.9. The molecule has 1 amide bonds. The van der Waals surface area contributed by atoms with Crippen molar-refractivity contribution in [1.82, 2.24) is 9.55 Å². The molecule has 0 aliphatic heterocycles. The highest BCUT2D eigenvalue weighted by Gasteiger charge is 2.15. The van der Waals surface area contributed by atoms with Crippen molar-refractivity contribution in [3.05, 3.63) is 66.0 Å². The molecule has 1 aromatic heterocycles. The average Bonchev–Trinajstić information content (AvgIpc) is 3.00. The van der Waals surface area contributed by atoms with Gasteiger partial charge in [0.2, 0.25) is 0 Å². The van der Waals surface area contributed by atoms with Gasteiger partial charge < -0.3 is 9.88 Å². The van der Waals surface area contributed by atoms with E-state index in [1.54, 1.807) is 25.3 Å². The van der Waals surface area contributed by atoms with E-state index in [1.165, 1.54) is 12.1 Å². The fourth-order valence-electron chi connectivity index (χ4n) is 2.65. The van der Waals surface area contributed by atoms with Gasteiger partial charge in [0.15, 0.2) is 9.84 Å². The van der Waals surface area contributed by atoms with Crippen LogP contribution in [-0.4, -0.2) is 30.1 Å². The number of nitrogens with one attached hydrogen (secondary N) is 1. The zero-order valence-corrected chi connectivity index (χ0v) is 15.5. The van der Waals surface area contributed by atoms with Gasteiger partial charge in [-0.15, -0.1) is 0 Å². The van der Waals surface area contributed by atoms with Crippen molar-refractivity contribution in [3.63, 3.8) is 0 Å². The minimum absolute atomic E-state index is 0.120. The van der Waals surface area contributed by atoms with Gasteiger partial charge in [0.25, 0.3) is 5.91 Å². The number of aryl methyl sites for hydroxylation is 2. The number of aromatic nitrogens is 2. The van der Waals surface area contributed by atoms with Crippen molar-refractivity contribution < 1.29 is 13.2 Å². The molecule has 1 N–H and O–H groups in total. The third-order valence-electron chi connectivity index (χ3n) is 4.08. The van der Waals surface area contributed by atoms with E-state index in [1.807, 2.05) is 36.0 Å². The second kappa shape index (κ2) is 6.76. The molecule has 134 valence electrons. The van der Waals surface area contributed by atoms with Crippen LogP contribution in [0.3, 0.4) is 0 Å². The Balaban J connectivity index is 1.91. The van der Waals surface area contributed by atoms with Gasteiger partial charge in [0.1, 0.15) is 5.82 Å². The maximum absolute atomic E-state index is 12.7. The van der Waals surface area contributed by atoms with Gasteiger partial charge >= 0.3 is 0 Å². The standard InChI is InChI=1S/C19H19N3O3S/c1-13-7-8-16(26(3,24)25)12-17(13)19(23)21-15-6-4-5-14(11-15)18-20-9-10-22(18)2/h4-12H,1-3H3,(H,21,23). The van der Waals surface area contributed by atoms with Crippen LogP contribution in [0.2, 0.25) is 0 Å². The molecule has 0 radical (unpaired) electrons. The summed E-state index contributed by atoms with van der Waals surface area (Å²) < 4.78 is 25.4. The minimum atomic E-state index is -3.38. The zero-order valence-electron chi connectivity index (χ0n) is 14.7. The van der Waals surface area contributed by atoms with Crippen LogP contribution in [0.25, 0.3) is 11.4 Å². The quantitative estimate of drug-likeness (QED) is 0.766. The maximum atomic E-state index is 12.7. The van der Waals surface area contributed by atoms with Crippen molar-refractivity contribution in [3.8, 4) is 11.4 Å². The molecule has 0 atom stereocenters. The highest BCUT2D eigenvalue weighted by molar-refractivity contribution is 7.90. The lowest BCUT2D eigenvalue weighted by atomic mass is 10.1. The topological polar surface area (TPSA) is 81.1 Å². The molecule has 2 aromatic carbocycles. The first-order valence-electron chi connectivity index (χ1n) is 7.95. The molecule has 0 spiro atoms. The third-order valence-corrected chi connectivity index (χ3v) is 5.19. The predicted molar refractivity (Wildman–Crippen MR) is 101 cm³/mol. The normalized spacial score (nSPS) is 11.3. The first-order chi connectivity index (χ1) is 12.3. The summed E-state index contributed by atoms with van der Waals surface area (Å²) in [4.78, 5) is 17.1. The van der Waals surface area contributed by atoms with E-state index in [0.29, 0.717) is 16.8 Å². The molecule has 0 saturated carbocycles. The Morgan fingerprint density at radius 2 is 1.92 bits per heavy atom. The smallest absolute Gasteiger partial charge is 0.255 e. The number of sulfone groups is 1. The van der Waals surface area contributed by atoms with Gasteiger partial charge in [-0.3, -0.25) is 4.79 Å². The molecule has 0 aliphatic carbocycles. The summed E-state index contributed by atoms with van der Waals surface area (Å²) in [6, 6.07) is 11.9. The molecular formula is C19H19N3O3S. The molecule has 0 aliphatic rings. The van der Waals surface area contributed by atoms with E-state index in [4.69, 9.17) is 0 Å². The number of carbonyl (C=O) groups is 1. The van der Waals surface area contributed by atoms with Crippen molar-refractivity contribution in [2.24, 2.45) is 7.05 Å². The second-order valence-electron chi connectivity index (χ2n) is 6.15. The van der Waals surface area contributed by atoms with Gasteiger partial charge in [-0.25, -0.2) is 13.4 Å². The number of amides is 1. The monoisotopic (exact) mass is 369 g/mol. The Labute approximate surface area is 152 Å². The Morgan fingerprint density at radius 3 is 2.58 bits per heavy atom. The number of hydrogen-bond acceptors (Lipinski definition) is 4. The number of imidazole rings is 1. The SMILES string of the molecule is Cc1ccc(S(C)(=O)=O)cc1C(=O)Nc1cccc(-c2nccn2C)c1. The van der Waals surface area contributed by atoms with Crippen LogP contribution in [0.15, 0.2) is 59.8 Å². The number of hydrogen-bond donors (Lipinski definition) is 1. The van der Waals surface area contributed by atoms with Gasteiger partial charge in [0.05, 0.1) is 4.90 Å². The molecular weight excluding hydrogens is 350 g/mol. The van der Waals surface area contributed by atoms with Crippen LogP contribution >= 0.6 is 0 Å². The van der Waals surface area contributed by atoms with E-state index < -0.39 is 9.84 Å². The van der Waals surface area contributed by atoms with Crippen LogP contribution in [0, 0.1) is 6.92 Å². The summed E-state index contributed by atoms with van der Waals surface area (Å²) in [5.41, 5.74) is 2.52. The maximum Gasteiger partial charge on any atom is 0.255 e. The molecule has 0 bridgehead atoms. The van der Waals surface area contributed by atoms with Crippen molar-refractivity contribution in [2.45, 2.75) is 11.8 Å². The highest BCUT2D eigenvalue weighted by Crippen LogP contribution is 2.22. The van der Waals surface area contributed by atoms with Crippen LogP contribution in [0.1, 0.15) is 15.9 Å². The Hall–Kier alpha value is -2.93. The van der Waals surface area contributed by atoms with Gasteiger partial charge in [-0.2, -0.15) is 0 Å². The largest absolute Gasteiger partial charge is 0.334 e. The molecule has 7 heteroatoms. The molecule has 3 aromatic rings. The lowest BCUT2D eigenvalue weighted by Crippen LogP contribution is -2.14. The predicted octanol–water partition coefficient (Wildman–Crippen LogP) is 3.05. The van der Waals surface area contributed by atoms with Crippen molar-refractivity contribution >= 4 is 21.4 Å². The third kappa shape index (κ3) is 3.67. The Bertz CT molecular complexity index is 1080. The second-order valence-corrected chi connectivity index (χ2v) is 8.16. The number of anilines is 1. The van der Waals surface area contributed by atoms with E-state index >= 15 is 0 Å². The Kier molecular flexibility index (Phi) is 4.65. The molecule has 0 fully saturated rings. The number of rotatable bonds is 4. The van der Waals surface area contributed by atoms with Crippen LogP contribution in [0.4, 0.5) is 5.69 Å². The van der Waals surface area contributed by atoms with Gasteiger partial charge in [-0.05, 0) is 36.8 Å². The van der Waals surface area contributed by atoms with Gasteiger partial charge in [0, 0.05) is 42.5 Å². The summed E-state index contributed by atoms with van der Waals surface area (Å²) in [6.07, 6.45) is 4.68. The molecule has 26 heavy (non-hydrogen) atoms. The molecule has 6 nitrogen and oxygen atoms in total. The van der Waals surface area contributed by atoms with Crippen LogP contribution in [0.5, 0.6) is 0 Å². The fourth-order valence-corrected chi connectivity index (χ4v) is 3.30. The Morgan fingerprint density at radius 1 is 1.15 bits per heavy atom. The highest BCUT2D eigenvalue weighted by atomic mass is 32.2. The number of carbonyl (C=O) groups excluding carboxylic acids is 1. The first-order valence-corrected chi connectivity index (χ1v) is 9.84. The van der Waals surface area contributed by atoms with Gasteiger partial charge in [-0.1, -0.05) is 18.2 Å². The molecule has 1 heterocycles. The number of benzene rings is 2. The molecule has 0 saturated heterocycles. The molecule has 3 rings (SSSR count). The zero-order chi connectivity index (χ0) is 18.9. The van der Waals surface area contributed by atoms with E-state index in [-0.39, 0.29) is 10.8 Å². The fraction of sp³-hybridized carbons (Fsp3) is 0.158. The van der Waals surface area contributed by atoms with Crippen LogP contribution < -0.4 is 5.32 Å². The lowest BCUT2D eigenvalue weighted by molar-refractivity contribution is 0.102. The summed E-state index contributed by atoms with van der Waals surface area (Å²) >= 11 is 0. The van der Waals surface area contributed by atoms with Crippen molar-refractivity contribution in [2.75, 3.05) is 11.6 Å². The van der Waals surface area contributed by atoms with Crippen LogP contribution in [-0.2, 0) is 16.9 Å². The summed E-state index contributed by atoms with van der Waals surface area (Å²) in [7, 11) is -1.48. The summed E-state index contributed by atoms with van der Waals surface area (Å²) in [5, 5.41) is 2.83. The lowest BCUT2D eigenvalue weighted by Gasteiger charge is -2.10. The summed E-state index contributed by atoms with van der Waals surface area (Å²) in [6.45, 7) is 1.77. The van der Waals surface area contributed by atoms with E-state index in [0.717, 1.165) is 17.6 Å². The minimum Gasteiger partial charge on any atom is -0.334 e. The number of nitrogens with zero attached hydrogens (tertiary/aromatic N) is 2. The van der Waals surface area contributed by atoms with E-state index in [9.17, 15) is 13.2 Å². The summed E-state index contributed by atoms with van der Waals surface area (Å²) in [5.74, 6) is 0.432. The van der Waals surface area contributed by atoms with Crippen molar-refractivity contribution in [1.29, 1.82) is 0 Å². The average molecular weight is 369 g/mol.